The zero-order valence-corrected chi connectivity index (χ0v) is 14.9. The van der Waals surface area contributed by atoms with E-state index in [4.69, 9.17) is 45.0 Å². The van der Waals surface area contributed by atoms with Crippen molar-refractivity contribution in [2.45, 2.75) is 6.42 Å². The third-order valence-corrected chi connectivity index (χ3v) is 15.0. The number of hydrogen-bond acceptors (Lipinski definition) is 5. The highest BCUT2D eigenvalue weighted by Crippen LogP contribution is 2.86. The van der Waals surface area contributed by atoms with Crippen LogP contribution in [0.4, 0.5) is 0 Å². The average molecular weight is 377 g/mol. The fraction of sp³-hybridized carbons (Fsp3) is 1.00. The highest BCUT2D eigenvalue weighted by Gasteiger charge is 2.41. The highest BCUT2D eigenvalue weighted by atomic mass is 35.9. The van der Waals surface area contributed by atoms with Crippen LogP contribution < -0.4 is 0 Å². The Morgan fingerprint density at radius 1 is 0.824 bits per heavy atom. The Balaban J connectivity index is 2.69. The van der Waals surface area contributed by atoms with Gasteiger partial charge in [0.05, 0.1) is 0 Å². The molecule has 2 heterocycles. The first-order valence-corrected chi connectivity index (χ1v) is 13.4. The Kier molecular flexibility index (Phi) is 4.42. The molecule has 12 heteroatoms. The first kappa shape index (κ1) is 15.2. The first-order valence-electron chi connectivity index (χ1n) is 4.80. The molecule has 0 amide bonds. The van der Waals surface area contributed by atoms with Gasteiger partial charge in [0.2, 0.25) is 7.51 Å². The SMILES string of the molecule is CN1CCCN(C)P12=NP(Cl)(Cl)=NP(Cl)(Cl)=N2. The van der Waals surface area contributed by atoms with E-state index < -0.39 is 19.3 Å². The Morgan fingerprint density at radius 2 is 1.29 bits per heavy atom. The van der Waals surface area contributed by atoms with E-state index in [2.05, 4.69) is 22.9 Å². The van der Waals surface area contributed by atoms with Crippen LogP contribution in [0, 0.1) is 0 Å². The average Bonchev–Trinajstić information content (AvgIpc) is 2.09. The van der Waals surface area contributed by atoms with E-state index in [1.54, 1.807) is 0 Å². The van der Waals surface area contributed by atoms with Gasteiger partial charge in [-0.2, -0.15) is 13.5 Å². The second-order valence-electron chi connectivity index (χ2n) is 3.83. The monoisotopic (exact) mass is 375 g/mol. The van der Waals surface area contributed by atoms with E-state index >= 15 is 0 Å². The van der Waals surface area contributed by atoms with Gasteiger partial charge in [0.25, 0.3) is 11.8 Å². The third kappa shape index (κ3) is 3.10. The summed E-state index contributed by atoms with van der Waals surface area (Å²) in [7, 11) is 1.58. The van der Waals surface area contributed by atoms with Crippen LogP contribution in [0.1, 0.15) is 6.42 Å². The molecule has 0 saturated carbocycles. The predicted molar refractivity (Wildman–Crippen MR) is 81.3 cm³/mol. The van der Waals surface area contributed by atoms with Crippen molar-refractivity contribution in [3.63, 3.8) is 0 Å². The summed E-state index contributed by atoms with van der Waals surface area (Å²) in [6.45, 7) is 1.76. The fourth-order valence-electron chi connectivity index (χ4n) is 1.80. The molecule has 0 radical (unpaired) electrons. The molecule has 0 N–H and O–H groups in total. The lowest BCUT2D eigenvalue weighted by atomic mass is 10.4. The van der Waals surface area contributed by atoms with Crippen molar-refractivity contribution in [1.82, 2.24) is 9.34 Å². The molecule has 0 aromatic rings. The van der Waals surface area contributed by atoms with E-state index in [-0.39, 0.29) is 0 Å². The highest BCUT2D eigenvalue weighted by molar-refractivity contribution is 8.20. The maximum Gasteiger partial charge on any atom is 0.257 e. The minimum atomic E-state index is -2.81. The maximum atomic E-state index is 6.13. The van der Waals surface area contributed by atoms with Crippen molar-refractivity contribution in [3.8, 4) is 0 Å². The van der Waals surface area contributed by atoms with Crippen molar-refractivity contribution in [3.05, 3.63) is 0 Å². The van der Waals surface area contributed by atoms with E-state index in [1.807, 2.05) is 14.1 Å². The molecule has 0 aromatic carbocycles. The van der Waals surface area contributed by atoms with Gasteiger partial charge in [-0.15, -0.1) is 0 Å². The largest absolute Gasteiger partial charge is 0.257 e. The van der Waals surface area contributed by atoms with Gasteiger partial charge in [0, 0.05) is 13.1 Å². The van der Waals surface area contributed by atoms with Gasteiger partial charge in [-0.3, -0.25) is 0 Å². The molecule has 5 nitrogen and oxygen atoms in total. The molecular formula is C5H12Cl4N5P3. The van der Waals surface area contributed by atoms with Crippen LogP contribution in [0.3, 0.4) is 0 Å². The predicted octanol–water partition coefficient (Wildman–Crippen LogP) is 6.06. The van der Waals surface area contributed by atoms with Gasteiger partial charge in [0.15, 0.2) is 0 Å². The van der Waals surface area contributed by atoms with Gasteiger partial charge < -0.3 is 0 Å². The molecule has 0 atom stereocenters. The maximum absolute atomic E-state index is 6.13. The van der Waals surface area contributed by atoms with Crippen molar-refractivity contribution >= 4 is 64.3 Å². The zero-order valence-electron chi connectivity index (χ0n) is 9.21. The molecule has 0 unspecified atom stereocenters. The van der Waals surface area contributed by atoms with Crippen LogP contribution in [0.15, 0.2) is 13.5 Å². The van der Waals surface area contributed by atoms with Crippen molar-refractivity contribution in [2.24, 2.45) is 13.5 Å². The quantitative estimate of drug-likeness (QED) is 0.482. The summed E-state index contributed by atoms with van der Waals surface area (Å²) in [5.41, 5.74) is 0. The summed E-state index contributed by atoms with van der Waals surface area (Å²) in [6.07, 6.45) is 1.04. The van der Waals surface area contributed by atoms with Crippen molar-refractivity contribution in [2.75, 3.05) is 27.2 Å². The smallest absolute Gasteiger partial charge is 0.243 e. The minimum absolute atomic E-state index is 0.882. The Bertz CT molecular complexity index is 470. The van der Waals surface area contributed by atoms with Crippen LogP contribution in [0.25, 0.3) is 0 Å². The second-order valence-corrected chi connectivity index (χ2v) is 16.9. The molecule has 0 bridgehead atoms. The van der Waals surface area contributed by atoms with Crippen molar-refractivity contribution in [1.29, 1.82) is 0 Å². The van der Waals surface area contributed by atoms with Gasteiger partial charge in [0.1, 0.15) is 0 Å². The van der Waals surface area contributed by atoms with Crippen LogP contribution in [0.5, 0.6) is 0 Å². The Labute approximate surface area is 120 Å². The summed E-state index contributed by atoms with van der Waals surface area (Å²) in [6, 6.07) is 0. The molecule has 1 spiro atoms. The van der Waals surface area contributed by atoms with Crippen molar-refractivity contribution < 1.29 is 0 Å². The second kappa shape index (κ2) is 4.95. The van der Waals surface area contributed by atoms with Gasteiger partial charge in [-0.05, 0) is 65.5 Å². The zero-order chi connectivity index (χ0) is 12.9. The minimum Gasteiger partial charge on any atom is -0.243 e. The third-order valence-electron chi connectivity index (χ3n) is 2.55. The molecule has 1 saturated heterocycles. The van der Waals surface area contributed by atoms with E-state index in [0.29, 0.717) is 0 Å². The molecule has 2 aliphatic rings. The standard InChI is InChI=1S/C5H12Cl4N5P3/c1-13-4-3-5-14(2)17(13)11-15(6,7)10-16(8,9)12-17/h3-5H2,1-2H3. The molecule has 1 fully saturated rings. The number of nitrogens with zero attached hydrogens (tertiary/aromatic N) is 5. The van der Waals surface area contributed by atoms with Crippen LogP contribution in [0.2, 0.25) is 0 Å². The summed E-state index contributed by atoms with van der Waals surface area (Å²) in [4.78, 5) is 0. The van der Waals surface area contributed by atoms with Gasteiger partial charge >= 0.3 is 0 Å². The summed E-state index contributed by atoms with van der Waals surface area (Å²) in [5, 5.41) is 0. The Morgan fingerprint density at radius 3 is 1.76 bits per heavy atom. The number of rotatable bonds is 0. The summed E-state index contributed by atoms with van der Waals surface area (Å²) < 4.78 is 17.1. The molecule has 0 aliphatic carbocycles. The summed E-state index contributed by atoms with van der Waals surface area (Å²) >= 11 is 24.5. The van der Waals surface area contributed by atoms with E-state index in [0.717, 1.165) is 19.5 Å². The van der Waals surface area contributed by atoms with Gasteiger partial charge in [-0.1, -0.05) is 0 Å². The molecular weight excluding hydrogens is 365 g/mol. The van der Waals surface area contributed by atoms with Crippen LogP contribution in [-0.2, 0) is 0 Å². The first-order chi connectivity index (χ1) is 7.67. The normalized spacial score (nSPS) is 31.4. The fourth-order valence-corrected chi connectivity index (χ4v) is 18.1. The molecule has 17 heavy (non-hydrogen) atoms. The lowest BCUT2D eigenvalue weighted by Crippen LogP contribution is -2.34. The van der Waals surface area contributed by atoms with Crippen LogP contribution >= 0.6 is 64.3 Å². The number of halogens is 4. The number of hydrogen-bond donors (Lipinski definition) is 0. The van der Waals surface area contributed by atoms with Gasteiger partial charge in [-0.25, -0.2) is 9.34 Å². The Hall–Kier alpha value is 1.77. The molecule has 0 aromatic heterocycles. The van der Waals surface area contributed by atoms with E-state index in [1.165, 1.54) is 0 Å². The topological polar surface area (TPSA) is 43.6 Å². The molecule has 2 rings (SSSR count). The lowest BCUT2D eigenvalue weighted by Gasteiger charge is -2.42. The van der Waals surface area contributed by atoms with Crippen LogP contribution in [-0.4, -0.2) is 36.5 Å². The molecule has 2 aliphatic heterocycles. The molecule has 100 valence electrons. The van der Waals surface area contributed by atoms with E-state index in [9.17, 15) is 0 Å². The summed E-state index contributed by atoms with van der Waals surface area (Å²) in [5.74, 6) is -5.63. The lowest BCUT2D eigenvalue weighted by molar-refractivity contribution is 0.377.